The number of hydrogen-bond acceptors (Lipinski definition) is 3. The summed E-state index contributed by atoms with van der Waals surface area (Å²) >= 11 is 0. The maximum atomic E-state index is 12.4. The molecule has 0 bridgehead atoms. The first-order chi connectivity index (χ1) is 8.65. The Kier molecular flexibility index (Phi) is 5.19. The number of ketones is 1. The molecule has 2 atom stereocenters. The first kappa shape index (κ1) is 14.0. The van der Waals surface area contributed by atoms with Gasteiger partial charge in [-0.15, -0.1) is 0 Å². The van der Waals surface area contributed by atoms with Crippen LogP contribution in [0.5, 0.6) is 0 Å². The number of hydrogen-bond donors (Lipinski definition) is 1. The van der Waals surface area contributed by atoms with Crippen molar-refractivity contribution in [2.75, 3.05) is 32.7 Å². The van der Waals surface area contributed by atoms with Crippen molar-refractivity contribution < 1.29 is 4.79 Å². The van der Waals surface area contributed by atoms with Gasteiger partial charge in [-0.05, 0) is 50.6 Å². The monoisotopic (exact) mass is 252 g/mol. The minimum atomic E-state index is 0.333. The molecule has 1 saturated carbocycles. The molecule has 2 fully saturated rings. The molecule has 1 saturated heterocycles. The predicted molar refractivity (Wildman–Crippen MR) is 74.6 cm³/mol. The van der Waals surface area contributed by atoms with Gasteiger partial charge in [0.15, 0.2) is 0 Å². The third-order valence-electron chi connectivity index (χ3n) is 4.45. The first-order valence-electron chi connectivity index (χ1n) is 7.61. The van der Waals surface area contributed by atoms with Gasteiger partial charge in [-0.2, -0.15) is 0 Å². The summed E-state index contributed by atoms with van der Waals surface area (Å²) in [5.41, 5.74) is 0. The van der Waals surface area contributed by atoms with Gasteiger partial charge in [-0.25, -0.2) is 0 Å². The molecule has 3 nitrogen and oxygen atoms in total. The molecule has 0 aromatic heterocycles. The molecule has 0 aromatic carbocycles. The van der Waals surface area contributed by atoms with Crippen molar-refractivity contribution in [3.8, 4) is 0 Å². The lowest BCUT2D eigenvalue weighted by Gasteiger charge is -2.31. The zero-order valence-electron chi connectivity index (χ0n) is 12.0. The van der Waals surface area contributed by atoms with Crippen LogP contribution in [-0.4, -0.2) is 43.4 Å². The standard InChI is InChI=1S/C15H28N2O/c1-12-8-13(2)10-14(9-12)15(18)11-17-6-3-4-16-5-7-17/h12-14,16H,3-11H2,1-2H3. The Morgan fingerprint density at radius 3 is 2.56 bits per heavy atom. The average Bonchev–Trinajstić information content (AvgIpc) is 2.56. The largest absolute Gasteiger partial charge is 0.315 e. The minimum absolute atomic E-state index is 0.333. The van der Waals surface area contributed by atoms with E-state index >= 15 is 0 Å². The smallest absolute Gasteiger partial charge is 0.149 e. The highest BCUT2D eigenvalue weighted by Crippen LogP contribution is 2.33. The van der Waals surface area contributed by atoms with E-state index in [2.05, 4.69) is 24.1 Å². The second kappa shape index (κ2) is 6.67. The third-order valence-corrected chi connectivity index (χ3v) is 4.45. The molecule has 0 aromatic rings. The van der Waals surface area contributed by atoms with Crippen LogP contribution in [-0.2, 0) is 4.79 Å². The fourth-order valence-electron chi connectivity index (χ4n) is 3.62. The molecule has 1 heterocycles. The molecule has 104 valence electrons. The quantitative estimate of drug-likeness (QED) is 0.833. The number of nitrogens with one attached hydrogen (secondary N) is 1. The van der Waals surface area contributed by atoms with E-state index in [-0.39, 0.29) is 0 Å². The number of rotatable bonds is 3. The van der Waals surface area contributed by atoms with Crippen LogP contribution in [0.25, 0.3) is 0 Å². The van der Waals surface area contributed by atoms with Crippen LogP contribution < -0.4 is 5.32 Å². The van der Waals surface area contributed by atoms with Gasteiger partial charge in [-0.3, -0.25) is 9.69 Å². The van der Waals surface area contributed by atoms with Crippen molar-refractivity contribution in [2.24, 2.45) is 17.8 Å². The van der Waals surface area contributed by atoms with Crippen LogP contribution in [0.4, 0.5) is 0 Å². The molecule has 0 amide bonds. The number of carbonyl (C=O) groups is 1. The fourth-order valence-corrected chi connectivity index (χ4v) is 3.62. The Morgan fingerprint density at radius 2 is 1.83 bits per heavy atom. The Labute approximate surface area is 111 Å². The van der Waals surface area contributed by atoms with Crippen LogP contribution in [0.15, 0.2) is 0 Å². The second-order valence-corrected chi connectivity index (χ2v) is 6.46. The lowest BCUT2D eigenvalue weighted by molar-refractivity contribution is -0.125. The Hall–Kier alpha value is -0.410. The van der Waals surface area contributed by atoms with E-state index < -0.39 is 0 Å². The third kappa shape index (κ3) is 4.06. The maximum absolute atomic E-state index is 12.4. The SMILES string of the molecule is CC1CC(C)CC(C(=O)CN2CCCNCC2)C1. The van der Waals surface area contributed by atoms with Gasteiger partial charge >= 0.3 is 0 Å². The van der Waals surface area contributed by atoms with E-state index in [4.69, 9.17) is 0 Å². The molecule has 1 aliphatic heterocycles. The van der Waals surface area contributed by atoms with Crippen molar-refractivity contribution in [1.82, 2.24) is 10.2 Å². The van der Waals surface area contributed by atoms with Crippen molar-refractivity contribution in [2.45, 2.75) is 39.5 Å². The van der Waals surface area contributed by atoms with Gasteiger partial charge in [-0.1, -0.05) is 13.8 Å². The summed E-state index contributed by atoms with van der Waals surface area (Å²) < 4.78 is 0. The van der Waals surface area contributed by atoms with Gasteiger partial charge in [0, 0.05) is 19.0 Å². The molecule has 2 unspecified atom stereocenters. The maximum Gasteiger partial charge on any atom is 0.149 e. The Bertz CT molecular complexity index is 262. The highest BCUT2D eigenvalue weighted by Gasteiger charge is 2.29. The Balaban J connectivity index is 1.82. The van der Waals surface area contributed by atoms with Crippen LogP contribution >= 0.6 is 0 Å². The van der Waals surface area contributed by atoms with Crippen molar-refractivity contribution in [1.29, 1.82) is 0 Å². The van der Waals surface area contributed by atoms with Gasteiger partial charge in [0.05, 0.1) is 6.54 Å². The van der Waals surface area contributed by atoms with E-state index in [1.165, 1.54) is 12.8 Å². The summed E-state index contributed by atoms with van der Waals surface area (Å²) in [5.74, 6) is 2.29. The van der Waals surface area contributed by atoms with E-state index in [0.717, 1.165) is 50.9 Å². The predicted octanol–water partition coefficient (Wildman–Crippen LogP) is 1.92. The number of carbonyl (C=O) groups excluding carboxylic acids is 1. The first-order valence-corrected chi connectivity index (χ1v) is 7.61. The zero-order valence-corrected chi connectivity index (χ0v) is 12.0. The van der Waals surface area contributed by atoms with Crippen molar-refractivity contribution in [3.05, 3.63) is 0 Å². The Morgan fingerprint density at radius 1 is 1.11 bits per heavy atom. The van der Waals surface area contributed by atoms with Crippen LogP contribution in [0, 0.1) is 17.8 Å². The highest BCUT2D eigenvalue weighted by molar-refractivity contribution is 5.83. The summed E-state index contributed by atoms with van der Waals surface area (Å²) in [5, 5.41) is 3.39. The lowest BCUT2D eigenvalue weighted by Crippen LogP contribution is -2.37. The van der Waals surface area contributed by atoms with Crippen LogP contribution in [0.3, 0.4) is 0 Å². The minimum Gasteiger partial charge on any atom is -0.315 e. The molecular weight excluding hydrogens is 224 g/mol. The van der Waals surface area contributed by atoms with E-state index in [1.807, 2.05) is 0 Å². The van der Waals surface area contributed by atoms with Crippen LogP contribution in [0.2, 0.25) is 0 Å². The highest BCUT2D eigenvalue weighted by atomic mass is 16.1. The average molecular weight is 252 g/mol. The zero-order chi connectivity index (χ0) is 13.0. The molecular formula is C15H28N2O. The normalized spacial score (nSPS) is 35.1. The molecule has 1 N–H and O–H groups in total. The second-order valence-electron chi connectivity index (χ2n) is 6.46. The summed E-state index contributed by atoms with van der Waals surface area (Å²) in [6.45, 7) is 9.52. The summed E-state index contributed by atoms with van der Waals surface area (Å²) in [4.78, 5) is 14.7. The molecule has 2 aliphatic rings. The summed E-state index contributed by atoms with van der Waals surface area (Å²) in [6, 6.07) is 0. The summed E-state index contributed by atoms with van der Waals surface area (Å²) in [6.07, 6.45) is 4.71. The van der Waals surface area contributed by atoms with Crippen molar-refractivity contribution >= 4 is 5.78 Å². The lowest BCUT2D eigenvalue weighted by atomic mass is 9.75. The molecule has 1 aliphatic carbocycles. The molecule has 0 radical (unpaired) electrons. The van der Waals surface area contributed by atoms with E-state index in [0.29, 0.717) is 18.2 Å². The van der Waals surface area contributed by atoms with Crippen molar-refractivity contribution in [3.63, 3.8) is 0 Å². The topological polar surface area (TPSA) is 32.3 Å². The van der Waals surface area contributed by atoms with Gasteiger partial charge in [0.1, 0.15) is 5.78 Å². The molecule has 2 rings (SSSR count). The number of Topliss-reactive ketones (excluding diaryl/α,β-unsaturated/α-hetero) is 1. The molecule has 0 spiro atoms. The van der Waals surface area contributed by atoms with Gasteiger partial charge in [0.25, 0.3) is 0 Å². The van der Waals surface area contributed by atoms with Gasteiger partial charge in [0.2, 0.25) is 0 Å². The van der Waals surface area contributed by atoms with Crippen LogP contribution in [0.1, 0.15) is 39.5 Å². The molecule has 3 heteroatoms. The van der Waals surface area contributed by atoms with Gasteiger partial charge < -0.3 is 5.32 Å². The number of nitrogens with zero attached hydrogens (tertiary/aromatic N) is 1. The fraction of sp³-hybridized carbons (Fsp3) is 0.933. The van der Waals surface area contributed by atoms with E-state index in [9.17, 15) is 4.79 Å². The molecule has 18 heavy (non-hydrogen) atoms. The van der Waals surface area contributed by atoms with E-state index in [1.54, 1.807) is 0 Å². The summed E-state index contributed by atoms with van der Waals surface area (Å²) in [7, 11) is 0.